The van der Waals surface area contributed by atoms with E-state index in [1.54, 1.807) is 12.3 Å². The fourth-order valence-corrected chi connectivity index (χ4v) is 2.21. The van der Waals surface area contributed by atoms with Crippen LogP contribution in [-0.4, -0.2) is 10.1 Å². The molecule has 0 bridgehead atoms. The lowest BCUT2D eigenvalue weighted by molar-refractivity contribution is 0.275. The molecule has 17 heavy (non-hydrogen) atoms. The highest BCUT2D eigenvalue weighted by Gasteiger charge is 2.06. The van der Waals surface area contributed by atoms with Crippen LogP contribution in [0.2, 0.25) is 0 Å². The van der Waals surface area contributed by atoms with Crippen molar-refractivity contribution < 1.29 is 9.84 Å². The van der Waals surface area contributed by atoms with E-state index in [1.165, 1.54) is 0 Å². The van der Waals surface area contributed by atoms with Crippen molar-refractivity contribution in [2.75, 3.05) is 0 Å². The third kappa shape index (κ3) is 3.40. The summed E-state index contributed by atoms with van der Waals surface area (Å²) in [5.74, 6) is 1.14. The van der Waals surface area contributed by atoms with Gasteiger partial charge in [-0.3, -0.25) is 0 Å². The van der Waals surface area contributed by atoms with Crippen molar-refractivity contribution >= 4 is 38.5 Å². The average Bonchev–Trinajstić information content (AvgIpc) is 2.31. The minimum atomic E-state index is -0.105. The molecule has 0 aliphatic heterocycles. The van der Waals surface area contributed by atoms with Crippen molar-refractivity contribution in [1.82, 2.24) is 4.98 Å². The van der Waals surface area contributed by atoms with Gasteiger partial charge in [-0.1, -0.05) is 6.07 Å². The second kappa shape index (κ2) is 5.79. The Labute approximate surface area is 121 Å². The Hall–Kier alpha value is -0.660. The smallest absolute Gasteiger partial charge is 0.224 e. The fraction of sp³-hybridized carbons (Fsp3) is 0.0833. The monoisotopic (exact) mass is 405 g/mol. The van der Waals surface area contributed by atoms with Crippen molar-refractivity contribution in [3.63, 3.8) is 0 Å². The molecule has 0 spiro atoms. The SMILES string of the molecule is OCc1cc(Br)cnc1Oc1cccc(I)c1. The van der Waals surface area contributed by atoms with Crippen LogP contribution in [0.25, 0.3) is 0 Å². The molecule has 0 atom stereocenters. The van der Waals surface area contributed by atoms with Crippen LogP contribution in [0, 0.1) is 3.57 Å². The van der Waals surface area contributed by atoms with Crippen LogP contribution < -0.4 is 4.74 Å². The average molecular weight is 406 g/mol. The van der Waals surface area contributed by atoms with Gasteiger partial charge in [-0.15, -0.1) is 0 Å². The van der Waals surface area contributed by atoms with E-state index in [0.717, 1.165) is 8.04 Å². The van der Waals surface area contributed by atoms with Gasteiger partial charge in [0.1, 0.15) is 5.75 Å². The van der Waals surface area contributed by atoms with Gasteiger partial charge < -0.3 is 9.84 Å². The predicted octanol–water partition coefficient (Wildman–Crippen LogP) is 3.73. The predicted molar refractivity (Wildman–Crippen MR) is 77.1 cm³/mol. The summed E-state index contributed by atoms with van der Waals surface area (Å²) in [5.41, 5.74) is 0.651. The zero-order chi connectivity index (χ0) is 12.3. The Balaban J connectivity index is 2.29. The van der Waals surface area contributed by atoms with Gasteiger partial charge in [0.25, 0.3) is 0 Å². The van der Waals surface area contributed by atoms with Gasteiger partial charge in [-0.05, 0) is 62.8 Å². The summed E-state index contributed by atoms with van der Waals surface area (Å²) in [6.07, 6.45) is 1.64. The molecule has 2 rings (SSSR count). The summed E-state index contributed by atoms with van der Waals surface area (Å²) in [7, 11) is 0. The maximum Gasteiger partial charge on any atom is 0.224 e. The number of aliphatic hydroxyl groups excluding tert-OH is 1. The number of nitrogens with zero attached hydrogens (tertiary/aromatic N) is 1. The molecule has 0 fully saturated rings. The van der Waals surface area contributed by atoms with E-state index in [9.17, 15) is 5.11 Å². The number of hydrogen-bond donors (Lipinski definition) is 1. The molecule has 0 aliphatic rings. The Morgan fingerprint density at radius 1 is 1.35 bits per heavy atom. The Kier molecular flexibility index (Phi) is 4.36. The van der Waals surface area contributed by atoms with E-state index < -0.39 is 0 Å². The zero-order valence-electron chi connectivity index (χ0n) is 8.73. The highest BCUT2D eigenvalue weighted by Crippen LogP contribution is 2.26. The minimum Gasteiger partial charge on any atom is -0.439 e. The van der Waals surface area contributed by atoms with E-state index in [0.29, 0.717) is 17.2 Å². The molecule has 3 nitrogen and oxygen atoms in total. The van der Waals surface area contributed by atoms with Crippen molar-refractivity contribution in [2.45, 2.75) is 6.61 Å². The molecule has 0 unspecified atom stereocenters. The first-order valence-corrected chi connectivity index (χ1v) is 6.75. The van der Waals surface area contributed by atoms with Gasteiger partial charge in [0.2, 0.25) is 5.88 Å². The van der Waals surface area contributed by atoms with Crippen molar-refractivity contribution in [2.24, 2.45) is 0 Å². The molecule has 0 aliphatic carbocycles. The molecule has 0 saturated carbocycles. The minimum absolute atomic E-state index is 0.105. The summed E-state index contributed by atoms with van der Waals surface area (Å²) >= 11 is 5.52. The topological polar surface area (TPSA) is 42.4 Å². The summed E-state index contributed by atoms with van der Waals surface area (Å²) < 4.78 is 7.54. The summed E-state index contributed by atoms with van der Waals surface area (Å²) in [5, 5.41) is 9.23. The molecule has 0 saturated heterocycles. The first-order chi connectivity index (χ1) is 8.19. The lowest BCUT2D eigenvalue weighted by Gasteiger charge is -2.08. The highest BCUT2D eigenvalue weighted by atomic mass is 127. The van der Waals surface area contributed by atoms with Crippen molar-refractivity contribution in [3.8, 4) is 11.6 Å². The lowest BCUT2D eigenvalue weighted by Crippen LogP contribution is -1.95. The molecule has 88 valence electrons. The molecule has 1 heterocycles. The molecule has 1 aromatic heterocycles. The maximum atomic E-state index is 9.23. The molecular formula is C12H9BrINO2. The second-order valence-electron chi connectivity index (χ2n) is 3.34. The normalized spacial score (nSPS) is 10.3. The summed E-state index contributed by atoms with van der Waals surface area (Å²) in [6, 6.07) is 9.44. The zero-order valence-corrected chi connectivity index (χ0v) is 12.5. The van der Waals surface area contributed by atoms with Gasteiger partial charge in [-0.25, -0.2) is 4.98 Å². The van der Waals surface area contributed by atoms with Crippen LogP contribution in [0.4, 0.5) is 0 Å². The molecule has 2 aromatic rings. The fourth-order valence-electron chi connectivity index (χ4n) is 1.32. The van der Waals surface area contributed by atoms with Crippen LogP contribution in [0.15, 0.2) is 41.0 Å². The molecule has 5 heteroatoms. The molecule has 0 radical (unpaired) electrons. The van der Waals surface area contributed by atoms with Gasteiger partial charge in [0.05, 0.1) is 6.61 Å². The number of halogens is 2. The first-order valence-electron chi connectivity index (χ1n) is 4.88. The van der Waals surface area contributed by atoms with E-state index in [2.05, 4.69) is 43.5 Å². The Bertz CT molecular complexity index is 534. The summed E-state index contributed by atoms with van der Waals surface area (Å²) in [4.78, 5) is 4.14. The largest absolute Gasteiger partial charge is 0.439 e. The third-order valence-corrected chi connectivity index (χ3v) is 3.18. The second-order valence-corrected chi connectivity index (χ2v) is 5.50. The van der Waals surface area contributed by atoms with Gasteiger partial charge in [0.15, 0.2) is 0 Å². The number of aliphatic hydroxyl groups is 1. The standard InChI is InChI=1S/C12H9BrINO2/c13-9-4-8(7-16)12(15-6-9)17-11-3-1-2-10(14)5-11/h1-6,16H,7H2. The number of hydrogen-bond acceptors (Lipinski definition) is 3. The van der Waals surface area contributed by atoms with Gasteiger partial charge >= 0.3 is 0 Å². The summed E-state index contributed by atoms with van der Waals surface area (Å²) in [6.45, 7) is -0.105. The van der Waals surface area contributed by atoms with Crippen LogP contribution in [0.5, 0.6) is 11.6 Å². The first kappa shape index (κ1) is 12.8. The van der Waals surface area contributed by atoms with E-state index >= 15 is 0 Å². The maximum absolute atomic E-state index is 9.23. The highest BCUT2D eigenvalue weighted by molar-refractivity contribution is 14.1. The Morgan fingerprint density at radius 2 is 2.18 bits per heavy atom. The number of aromatic nitrogens is 1. The molecule has 1 N–H and O–H groups in total. The van der Waals surface area contributed by atoms with Crippen LogP contribution >= 0.6 is 38.5 Å². The van der Waals surface area contributed by atoms with E-state index in [1.807, 2.05) is 24.3 Å². The number of rotatable bonds is 3. The third-order valence-electron chi connectivity index (χ3n) is 2.07. The van der Waals surface area contributed by atoms with Gasteiger partial charge in [0, 0.05) is 19.8 Å². The van der Waals surface area contributed by atoms with E-state index in [-0.39, 0.29) is 6.61 Å². The molecule has 0 amide bonds. The van der Waals surface area contributed by atoms with Crippen molar-refractivity contribution in [3.05, 3.63) is 50.1 Å². The number of pyridine rings is 1. The number of ether oxygens (including phenoxy) is 1. The molecular weight excluding hydrogens is 397 g/mol. The van der Waals surface area contributed by atoms with Crippen LogP contribution in [0.1, 0.15) is 5.56 Å². The van der Waals surface area contributed by atoms with Gasteiger partial charge in [-0.2, -0.15) is 0 Å². The van der Waals surface area contributed by atoms with Crippen LogP contribution in [-0.2, 0) is 6.61 Å². The number of benzene rings is 1. The van der Waals surface area contributed by atoms with E-state index in [4.69, 9.17) is 4.74 Å². The van der Waals surface area contributed by atoms with Crippen molar-refractivity contribution in [1.29, 1.82) is 0 Å². The molecule has 1 aromatic carbocycles. The van der Waals surface area contributed by atoms with Crippen LogP contribution in [0.3, 0.4) is 0 Å². The quantitative estimate of drug-likeness (QED) is 0.791. The lowest BCUT2D eigenvalue weighted by atomic mass is 10.3. The Morgan fingerprint density at radius 3 is 2.88 bits per heavy atom.